The average Bonchev–Trinajstić information content (AvgIpc) is 2.19. The SMILES string of the molecule is [CH2]C=CC1NCCO1. The molecule has 1 N–H and O–H groups in total. The maximum Gasteiger partial charge on any atom is 0.127 e. The predicted octanol–water partition coefficient (Wildman–Crippen LogP) is 0.323. The highest BCUT2D eigenvalue weighted by Crippen LogP contribution is 1.94. The molecule has 1 rings (SSSR count). The number of ether oxygens (including phenoxy) is 1. The topological polar surface area (TPSA) is 21.3 Å². The van der Waals surface area contributed by atoms with Gasteiger partial charge >= 0.3 is 0 Å². The Morgan fingerprint density at radius 2 is 2.62 bits per heavy atom. The Balaban J connectivity index is 2.24. The Kier molecular flexibility index (Phi) is 2.06. The number of allylic oxidation sites excluding steroid dienone is 1. The van der Waals surface area contributed by atoms with Crippen LogP contribution in [0.1, 0.15) is 0 Å². The second kappa shape index (κ2) is 2.84. The van der Waals surface area contributed by atoms with Gasteiger partial charge in [0.2, 0.25) is 0 Å². The molecule has 1 aliphatic rings. The third-order valence-electron chi connectivity index (χ3n) is 1.06. The largest absolute Gasteiger partial charge is 0.358 e. The lowest BCUT2D eigenvalue weighted by atomic mass is 10.5. The van der Waals surface area contributed by atoms with Crippen LogP contribution in [0.5, 0.6) is 0 Å². The van der Waals surface area contributed by atoms with Crippen LogP contribution in [-0.4, -0.2) is 19.4 Å². The van der Waals surface area contributed by atoms with Gasteiger partial charge in [-0.2, -0.15) is 0 Å². The van der Waals surface area contributed by atoms with E-state index in [0.717, 1.165) is 13.2 Å². The van der Waals surface area contributed by atoms with Gasteiger partial charge in [-0.05, 0) is 13.0 Å². The van der Waals surface area contributed by atoms with Crippen molar-refractivity contribution >= 4 is 0 Å². The summed E-state index contributed by atoms with van der Waals surface area (Å²) in [5.74, 6) is 0. The lowest BCUT2D eigenvalue weighted by molar-refractivity contribution is 0.138. The van der Waals surface area contributed by atoms with E-state index in [0.29, 0.717) is 0 Å². The van der Waals surface area contributed by atoms with Crippen molar-refractivity contribution < 1.29 is 4.74 Å². The van der Waals surface area contributed by atoms with Crippen molar-refractivity contribution in [2.75, 3.05) is 13.2 Å². The van der Waals surface area contributed by atoms with E-state index in [-0.39, 0.29) is 6.23 Å². The van der Waals surface area contributed by atoms with Crippen molar-refractivity contribution in [2.45, 2.75) is 6.23 Å². The molecule has 2 heteroatoms. The van der Waals surface area contributed by atoms with Gasteiger partial charge in [0.25, 0.3) is 0 Å². The monoisotopic (exact) mass is 112 g/mol. The maximum atomic E-state index is 5.16. The molecule has 1 radical (unpaired) electrons. The molecule has 0 aromatic heterocycles. The summed E-state index contributed by atoms with van der Waals surface area (Å²) >= 11 is 0. The summed E-state index contributed by atoms with van der Waals surface area (Å²) < 4.78 is 5.16. The second-order valence-corrected chi connectivity index (χ2v) is 1.67. The fraction of sp³-hybridized carbons (Fsp3) is 0.500. The molecule has 1 atom stereocenters. The molecule has 0 aromatic carbocycles. The number of rotatable bonds is 1. The van der Waals surface area contributed by atoms with Gasteiger partial charge in [0, 0.05) is 6.54 Å². The number of hydrogen-bond acceptors (Lipinski definition) is 2. The molecule has 0 bridgehead atoms. The normalized spacial score (nSPS) is 29.9. The fourth-order valence-corrected chi connectivity index (χ4v) is 0.693. The van der Waals surface area contributed by atoms with Crippen molar-refractivity contribution in [3.05, 3.63) is 19.1 Å². The Morgan fingerprint density at radius 3 is 3.12 bits per heavy atom. The summed E-state index contributed by atoms with van der Waals surface area (Å²) in [4.78, 5) is 0. The molecule has 1 fully saturated rings. The van der Waals surface area contributed by atoms with E-state index < -0.39 is 0 Å². The summed E-state index contributed by atoms with van der Waals surface area (Å²) in [6.07, 6.45) is 3.75. The van der Waals surface area contributed by atoms with Crippen LogP contribution < -0.4 is 5.32 Å². The first-order chi connectivity index (χ1) is 3.93. The maximum absolute atomic E-state index is 5.16. The molecule has 1 aliphatic heterocycles. The van der Waals surface area contributed by atoms with Crippen molar-refractivity contribution in [1.82, 2.24) is 5.32 Å². The highest BCUT2D eigenvalue weighted by molar-refractivity contribution is 4.91. The zero-order valence-electron chi connectivity index (χ0n) is 4.76. The zero-order chi connectivity index (χ0) is 5.82. The summed E-state index contributed by atoms with van der Waals surface area (Å²) in [5.41, 5.74) is 0. The van der Waals surface area contributed by atoms with Gasteiger partial charge in [0.1, 0.15) is 6.23 Å². The van der Waals surface area contributed by atoms with E-state index in [1.807, 2.05) is 6.08 Å². The Hall–Kier alpha value is -0.340. The van der Waals surface area contributed by atoms with Crippen LogP contribution in [0.15, 0.2) is 12.2 Å². The molecule has 1 unspecified atom stereocenters. The minimum Gasteiger partial charge on any atom is -0.358 e. The molecule has 1 saturated heterocycles. The van der Waals surface area contributed by atoms with Crippen LogP contribution in [-0.2, 0) is 4.74 Å². The van der Waals surface area contributed by atoms with Gasteiger partial charge in [0.05, 0.1) is 6.61 Å². The van der Waals surface area contributed by atoms with Crippen molar-refractivity contribution in [3.63, 3.8) is 0 Å². The quantitative estimate of drug-likeness (QED) is 0.527. The van der Waals surface area contributed by atoms with Crippen LogP contribution in [0, 0.1) is 6.92 Å². The van der Waals surface area contributed by atoms with Crippen molar-refractivity contribution in [2.24, 2.45) is 0 Å². The Bertz CT molecular complexity index is 84.5. The molecule has 0 amide bonds. The summed E-state index contributed by atoms with van der Waals surface area (Å²) in [6, 6.07) is 0. The molecule has 0 saturated carbocycles. The van der Waals surface area contributed by atoms with E-state index in [1.54, 1.807) is 6.08 Å². The number of nitrogens with one attached hydrogen (secondary N) is 1. The van der Waals surface area contributed by atoms with Gasteiger partial charge in [-0.1, -0.05) is 6.08 Å². The Labute approximate surface area is 49.5 Å². The van der Waals surface area contributed by atoms with Gasteiger partial charge in [0.15, 0.2) is 0 Å². The molecule has 45 valence electrons. The molecular weight excluding hydrogens is 102 g/mol. The summed E-state index contributed by atoms with van der Waals surface area (Å²) in [5, 5.41) is 3.11. The first-order valence-corrected chi connectivity index (χ1v) is 2.74. The third-order valence-corrected chi connectivity index (χ3v) is 1.06. The van der Waals surface area contributed by atoms with E-state index in [1.165, 1.54) is 0 Å². The van der Waals surface area contributed by atoms with E-state index in [4.69, 9.17) is 4.74 Å². The van der Waals surface area contributed by atoms with Crippen molar-refractivity contribution in [1.29, 1.82) is 0 Å². The van der Waals surface area contributed by atoms with E-state index >= 15 is 0 Å². The highest BCUT2D eigenvalue weighted by atomic mass is 16.5. The number of hydrogen-bond donors (Lipinski definition) is 1. The van der Waals surface area contributed by atoms with Crippen molar-refractivity contribution in [3.8, 4) is 0 Å². The van der Waals surface area contributed by atoms with Crippen LogP contribution in [0.4, 0.5) is 0 Å². The zero-order valence-corrected chi connectivity index (χ0v) is 4.76. The minimum absolute atomic E-state index is 0.118. The molecular formula is C6H10NO. The second-order valence-electron chi connectivity index (χ2n) is 1.67. The molecule has 1 heterocycles. The summed E-state index contributed by atoms with van der Waals surface area (Å²) in [7, 11) is 0. The smallest absolute Gasteiger partial charge is 0.127 e. The lowest BCUT2D eigenvalue weighted by Crippen LogP contribution is -2.19. The molecule has 2 nitrogen and oxygen atoms in total. The van der Waals surface area contributed by atoms with Crippen LogP contribution in [0.3, 0.4) is 0 Å². The first kappa shape index (κ1) is 5.79. The van der Waals surface area contributed by atoms with Gasteiger partial charge in [-0.3, -0.25) is 5.32 Å². The molecule has 8 heavy (non-hydrogen) atoms. The van der Waals surface area contributed by atoms with E-state index in [2.05, 4.69) is 12.2 Å². The van der Waals surface area contributed by atoms with Crippen LogP contribution >= 0.6 is 0 Å². The highest BCUT2D eigenvalue weighted by Gasteiger charge is 2.08. The standard InChI is InChI=1S/C6H10NO/c1-2-3-6-7-4-5-8-6/h2-3,6-7H,1,4-5H2. The molecule has 0 aromatic rings. The van der Waals surface area contributed by atoms with Gasteiger partial charge in [-0.15, -0.1) is 0 Å². The molecule has 0 aliphatic carbocycles. The fourth-order valence-electron chi connectivity index (χ4n) is 0.693. The average molecular weight is 112 g/mol. The first-order valence-electron chi connectivity index (χ1n) is 2.74. The van der Waals surface area contributed by atoms with Gasteiger partial charge < -0.3 is 4.74 Å². The minimum atomic E-state index is 0.118. The van der Waals surface area contributed by atoms with E-state index in [9.17, 15) is 0 Å². The lowest BCUT2D eigenvalue weighted by Gasteiger charge is -1.99. The van der Waals surface area contributed by atoms with Gasteiger partial charge in [-0.25, -0.2) is 0 Å². The van der Waals surface area contributed by atoms with Crippen LogP contribution in [0.25, 0.3) is 0 Å². The molecule has 0 spiro atoms. The summed E-state index contributed by atoms with van der Waals surface area (Å²) in [6.45, 7) is 5.32. The third kappa shape index (κ3) is 1.32. The predicted molar refractivity (Wildman–Crippen MR) is 32.2 cm³/mol. The Morgan fingerprint density at radius 1 is 1.75 bits per heavy atom. The van der Waals surface area contributed by atoms with Crippen LogP contribution in [0.2, 0.25) is 0 Å².